The highest BCUT2D eigenvalue weighted by molar-refractivity contribution is 7.73. The van der Waals surface area contributed by atoms with Gasteiger partial charge < -0.3 is 4.74 Å². The second-order valence-corrected chi connectivity index (χ2v) is 9.54. The van der Waals surface area contributed by atoms with Gasteiger partial charge >= 0.3 is 5.97 Å². The number of rotatable bonds is 6. The Bertz CT molecular complexity index is 704. The molecule has 0 aromatic heterocycles. The van der Waals surface area contributed by atoms with Gasteiger partial charge in [-0.2, -0.15) is 0 Å². The van der Waals surface area contributed by atoms with E-state index in [0.29, 0.717) is 6.61 Å². The monoisotopic (exact) mass is 370 g/mol. The van der Waals surface area contributed by atoms with E-state index in [1.54, 1.807) is 0 Å². The maximum atomic E-state index is 11.1. The van der Waals surface area contributed by atoms with Gasteiger partial charge in [0, 0.05) is 6.92 Å². The van der Waals surface area contributed by atoms with E-state index >= 15 is 0 Å². The summed E-state index contributed by atoms with van der Waals surface area (Å²) in [6.45, 7) is 15.2. The van der Waals surface area contributed by atoms with Crippen molar-refractivity contribution in [2.45, 2.75) is 54.9 Å². The van der Waals surface area contributed by atoms with Gasteiger partial charge in [0.15, 0.2) is 0 Å². The van der Waals surface area contributed by atoms with Gasteiger partial charge in [-0.1, -0.05) is 35.4 Å². The van der Waals surface area contributed by atoms with Crippen LogP contribution in [0.3, 0.4) is 0 Å². The molecular formula is C23H31O2P. The first-order valence-corrected chi connectivity index (χ1v) is 10.8. The highest BCUT2D eigenvalue weighted by Gasteiger charge is 2.22. The van der Waals surface area contributed by atoms with Crippen LogP contribution in [0.25, 0.3) is 0 Å². The molecule has 0 aliphatic heterocycles. The van der Waals surface area contributed by atoms with E-state index in [4.69, 9.17) is 4.74 Å². The van der Waals surface area contributed by atoms with Gasteiger partial charge in [0.05, 0.1) is 6.61 Å². The molecule has 0 saturated heterocycles. The Hall–Kier alpha value is -1.66. The zero-order chi connectivity index (χ0) is 19.4. The molecule has 0 atom stereocenters. The number of benzene rings is 2. The Balaban J connectivity index is 2.49. The number of aryl methyl sites for hydroxylation is 6. The quantitative estimate of drug-likeness (QED) is 0.410. The van der Waals surface area contributed by atoms with Crippen LogP contribution in [-0.2, 0) is 9.53 Å². The maximum absolute atomic E-state index is 11.1. The van der Waals surface area contributed by atoms with Gasteiger partial charge in [-0.15, -0.1) is 0 Å². The molecule has 0 spiro atoms. The average molecular weight is 370 g/mol. The minimum Gasteiger partial charge on any atom is -0.466 e. The molecule has 0 unspecified atom stereocenters. The number of hydrogen-bond donors (Lipinski definition) is 0. The van der Waals surface area contributed by atoms with Crippen molar-refractivity contribution < 1.29 is 9.53 Å². The summed E-state index contributed by atoms with van der Waals surface area (Å²) in [5.74, 6) is -0.195. The molecule has 0 N–H and O–H groups in total. The average Bonchev–Trinajstić information content (AvgIpc) is 2.48. The number of ether oxygens (including phenoxy) is 1. The molecule has 0 aliphatic carbocycles. The van der Waals surface area contributed by atoms with Crippen LogP contribution in [0.5, 0.6) is 0 Å². The van der Waals surface area contributed by atoms with Crippen LogP contribution in [0, 0.1) is 41.5 Å². The predicted molar refractivity (Wildman–Crippen MR) is 114 cm³/mol. The normalized spacial score (nSPS) is 11.1. The minimum atomic E-state index is -0.481. The molecular weight excluding hydrogens is 339 g/mol. The van der Waals surface area contributed by atoms with Gasteiger partial charge in [-0.3, -0.25) is 4.79 Å². The highest BCUT2D eigenvalue weighted by Crippen LogP contribution is 2.39. The summed E-state index contributed by atoms with van der Waals surface area (Å²) in [7, 11) is -0.481. The second-order valence-electron chi connectivity index (χ2n) is 7.34. The molecule has 0 heterocycles. The lowest BCUT2D eigenvalue weighted by Gasteiger charge is -2.27. The van der Waals surface area contributed by atoms with Crippen LogP contribution >= 0.6 is 7.92 Å². The SMILES string of the molecule is CC(=O)OCCCP(c1c(C)cc(C)cc1C)c1c(C)cc(C)cc1C. The molecule has 0 fully saturated rings. The van der Waals surface area contributed by atoms with E-state index in [1.807, 2.05) is 0 Å². The Kier molecular flexibility index (Phi) is 7.01. The van der Waals surface area contributed by atoms with Crippen LogP contribution in [0.4, 0.5) is 0 Å². The number of esters is 1. The summed E-state index contributed by atoms with van der Waals surface area (Å²) >= 11 is 0. The summed E-state index contributed by atoms with van der Waals surface area (Å²) < 4.78 is 5.19. The zero-order valence-electron chi connectivity index (χ0n) is 17.2. The van der Waals surface area contributed by atoms with E-state index in [9.17, 15) is 4.79 Å². The first kappa shape index (κ1) is 20.6. The zero-order valence-corrected chi connectivity index (χ0v) is 18.1. The molecule has 3 heteroatoms. The van der Waals surface area contributed by atoms with Crippen LogP contribution < -0.4 is 10.6 Å². The Labute approximate surface area is 159 Å². The number of carbonyl (C=O) groups excluding carboxylic acids is 1. The van der Waals surface area contributed by atoms with Crippen molar-refractivity contribution in [3.05, 3.63) is 57.6 Å². The van der Waals surface area contributed by atoms with Gasteiger partial charge in [0.25, 0.3) is 0 Å². The van der Waals surface area contributed by atoms with Crippen molar-refractivity contribution in [2.24, 2.45) is 0 Å². The van der Waals surface area contributed by atoms with E-state index < -0.39 is 7.92 Å². The standard InChI is InChI=1S/C23H31O2P/c1-15-11-17(3)22(18(4)12-15)26(10-8-9-25-21(7)24)23-19(5)13-16(2)14-20(23)6/h11-14H,8-10H2,1-7H3. The summed E-state index contributed by atoms with van der Waals surface area (Å²) in [5, 5.41) is 2.98. The number of carbonyl (C=O) groups is 1. The van der Waals surface area contributed by atoms with E-state index in [2.05, 4.69) is 65.8 Å². The Morgan fingerprint density at radius 1 is 0.808 bits per heavy atom. The lowest BCUT2D eigenvalue weighted by atomic mass is 10.1. The van der Waals surface area contributed by atoms with Gasteiger partial charge in [0.1, 0.15) is 0 Å². The molecule has 2 aromatic rings. The van der Waals surface area contributed by atoms with E-state index in [0.717, 1.165) is 12.6 Å². The van der Waals surface area contributed by atoms with E-state index in [-0.39, 0.29) is 5.97 Å². The summed E-state index contributed by atoms with van der Waals surface area (Å²) in [5.41, 5.74) is 8.13. The van der Waals surface area contributed by atoms with Crippen molar-refractivity contribution >= 4 is 24.5 Å². The minimum absolute atomic E-state index is 0.195. The maximum Gasteiger partial charge on any atom is 0.302 e. The third-order valence-electron chi connectivity index (χ3n) is 4.64. The Morgan fingerprint density at radius 2 is 1.19 bits per heavy atom. The summed E-state index contributed by atoms with van der Waals surface area (Å²) in [6, 6.07) is 9.18. The molecule has 0 bridgehead atoms. The fourth-order valence-electron chi connectivity index (χ4n) is 3.97. The van der Waals surface area contributed by atoms with E-state index in [1.165, 1.54) is 50.9 Å². The second kappa shape index (κ2) is 8.82. The van der Waals surface area contributed by atoms with Crippen LogP contribution in [0.15, 0.2) is 24.3 Å². The fourth-order valence-corrected chi connectivity index (χ4v) is 7.05. The van der Waals surface area contributed by atoms with Crippen LogP contribution in [0.1, 0.15) is 46.7 Å². The molecule has 140 valence electrons. The largest absolute Gasteiger partial charge is 0.466 e. The summed E-state index contributed by atoms with van der Waals surface area (Å²) in [6.07, 6.45) is 1.93. The van der Waals surface area contributed by atoms with Crippen molar-refractivity contribution in [1.29, 1.82) is 0 Å². The number of hydrogen-bond acceptors (Lipinski definition) is 2. The third-order valence-corrected chi connectivity index (χ3v) is 7.90. The fraction of sp³-hybridized carbons (Fsp3) is 0.435. The van der Waals surface area contributed by atoms with Gasteiger partial charge in [-0.05, 0) is 94.9 Å². The molecule has 0 radical (unpaired) electrons. The van der Waals surface area contributed by atoms with Crippen LogP contribution in [0.2, 0.25) is 0 Å². The molecule has 0 aliphatic rings. The lowest BCUT2D eigenvalue weighted by Crippen LogP contribution is -2.24. The summed E-state index contributed by atoms with van der Waals surface area (Å²) in [4.78, 5) is 11.1. The molecule has 0 amide bonds. The predicted octanol–water partition coefficient (Wildman–Crippen LogP) is 4.92. The first-order valence-electron chi connectivity index (χ1n) is 9.27. The van der Waals surface area contributed by atoms with Crippen molar-refractivity contribution in [1.82, 2.24) is 0 Å². The Morgan fingerprint density at radius 3 is 1.54 bits per heavy atom. The first-order chi connectivity index (χ1) is 12.2. The molecule has 26 heavy (non-hydrogen) atoms. The van der Waals surface area contributed by atoms with Gasteiger partial charge in [0.2, 0.25) is 0 Å². The highest BCUT2D eigenvalue weighted by atomic mass is 31.1. The van der Waals surface area contributed by atoms with Gasteiger partial charge in [-0.25, -0.2) is 0 Å². The molecule has 2 aromatic carbocycles. The molecule has 0 saturated carbocycles. The van der Waals surface area contributed by atoms with Crippen molar-refractivity contribution in [3.8, 4) is 0 Å². The van der Waals surface area contributed by atoms with Crippen molar-refractivity contribution in [3.63, 3.8) is 0 Å². The lowest BCUT2D eigenvalue weighted by molar-refractivity contribution is -0.140. The molecule has 2 rings (SSSR count). The molecule has 2 nitrogen and oxygen atoms in total. The van der Waals surface area contributed by atoms with Crippen LogP contribution in [-0.4, -0.2) is 18.7 Å². The van der Waals surface area contributed by atoms with Crippen molar-refractivity contribution in [2.75, 3.05) is 12.8 Å². The topological polar surface area (TPSA) is 26.3 Å². The smallest absolute Gasteiger partial charge is 0.302 e. The third kappa shape index (κ3) is 4.95.